The summed E-state index contributed by atoms with van der Waals surface area (Å²) in [5, 5.41) is 0. The lowest BCUT2D eigenvalue weighted by Gasteiger charge is -2.48. The highest BCUT2D eigenvalue weighted by atomic mass is 16.5. The molecular formula is C25H34O. The molecule has 0 N–H and O–H groups in total. The van der Waals surface area contributed by atoms with E-state index in [1.54, 1.807) is 5.57 Å². The van der Waals surface area contributed by atoms with Crippen molar-refractivity contribution in [2.75, 3.05) is 7.11 Å². The van der Waals surface area contributed by atoms with E-state index in [1.165, 1.54) is 74.7 Å². The third-order valence-corrected chi connectivity index (χ3v) is 7.04. The van der Waals surface area contributed by atoms with E-state index in [-0.39, 0.29) is 0 Å². The van der Waals surface area contributed by atoms with Gasteiger partial charge in [0.1, 0.15) is 5.76 Å². The van der Waals surface area contributed by atoms with E-state index in [0.717, 1.165) is 5.92 Å². The standard InChI is InChI=1S/C25H34O/c1-4-9-19-20-12-5-6-13-21(20)23-15-8-14-22(19)24(23)25(26-3)18-11-7-10-17(2)16-18/h7,10-11,16,19,22-23H,4-6,8-9,12-15H2,1-3H3. The average molecular weight is 351 g/mol. The lowest BCUT2D eigenvalue weighted by atomic mass is 9.57. The van der Waals surface area contributed by atoms with Crippen LogP contribution < -0.4 is 0 Å². The van der Waals surface area contributed by atoms with Crippen molar-refractivity contribution in [3.05, 3.63) is 52.1 Å². The van der Waals surface area contributed by atoms with Gasteiger partial charge in [-0.05, 0) is 75.3 Å². The Labute approximate surface area is 159 Å². The normalized spacial score (nSPS) is 30.0. The average Bonchev–Trinajstić information content (AvgIpc) is 2.66. The summed E-state index contributed by atoms with van der Waals surface area (Å²) in [7, 11) is 1.89. The largest absolute Gasteiger partial charge is 0.496 e. The zero-order valence-electron chi connectivity index (χ0n) is 16.8. The second-order valence-electron chi connectivity index (χ2n) is 8.60. The Morgan fingerprint density at radius 3 is 2.62 bits per heavy atom. The Balaban J connectivity index is 1.88. The molecule has 1 nitrogen and oxygen atoms in total. The quantitative estimate of drug-likeness (QED) is 0.417. The topological polar surface area (TPSA) is 9.23 Å². The maximum atomic E-state index is 6.13. The van der Waals surface area contributed by atoms with Crippen molar-refractivity contribution >= 4 is 5.76 Å². The number of benzene rings is 1. The predicted octanol–water partition coefficient (Wildman–Crippen LogP) is 7.07. The molecule has 4 rings (SSSR count). The van der Waals surface area contributed by atoms with Crippen LogP contribution in [-0.2, 0) is 4.74 Å². The van der Waals surface area contributed by atoms with E-state index in [9.17, 15) is 0 Å². The smallest absolute Gasteiger partial charge is 0.126 e. The van der Waals surface area contributed by atoms with Gasteiger partial charge in [-0.3, -0.25) is 0 Å². The zero-order valence-corrected chi connectivity index (χ0v) is 16.8. The molecule has 0 heterocycles. The third-order valence-electron chi connectivity index (χ3n) is 7.04. The van der Waals surface area contributed by atoms with E-state index < -0.39 is 0 Å². The fourth-order valence-electron chi connectivity index (χ4n) is 6.11. The van der Waals surface area contributed by atoms with Crippen molar-refractivity contribution in [2.45, 2.75) is 71.6 Å². The number of fused-ring (bicyclic) bond motifs is 3. The summed E-state index contributed by atoms with van der Waals surface area (Å²) in [5.74, 6) is 3.34. The molecule has 0 saturated heterocycles. The number of allylic oxidation sites excluding steroid dienone is 3. The van der Waals surface area contributed by atoms with Gasteiger partial charge < -0.3 is 4.74 Å². The van der Waals surface area contributed by atoms with Gasteiger partial charge in [0.2, 0.25) is 0 Å². The molecule has 3 aliphatic carbocycles. The number of aryl methyl sites for hydroxylation is 1. The molecule has 1 aromatic carbocycles. The minimum Gasteiger partial charge on any atom is -0.496 e. The van der Waals surface area contributed by atoms with Gasteiger partial charge in [0.15, 0.2) is 0 Å². The summed E-state index contributed by atoms with van der Waals surface area (Å²) in [6.45, 7) is 4.55. The van der Waals surface area contributed by atoms with Gasteiger partial charge in [-0.25, -0.2) is 0 Å². The monoisotopic (exact) mass is 350 g/mol. The van der Waals surface area contributed by atoms with E-state index >= 15 is 0 Å². The van der Waals surface area contributed by atoms with Gasteiger partial charge in [-0.15, -0.1) is 0 Å². The van der Waals surface area contributed by atoms with Crippen molar-refractivity contribution in [3.8, 4) is 0 Å². The van der Waals surface area contributed by atoms with Crippen LogP contribution in [0.3, 0.4) is 0 Å². The molecule has 0 aliphatic heterocycles. The first-order valence-corrected chi connectivity index (χ1v) is 10.8. The molecule has 1 aromatic rings. The van der Waals surface area contributed by atoms with Gasteiger partial charge >= 0.3 is 0 Å². The van der Waals surface area contributed by atoms with E-state index in [0.29, 0.717) is 11.8 Å². The fourth-order valence-corrected chi connectivity index (χ4v) is 6.11. The van der Waals surface area contributed by atoms with Gasteiger partial charge in [0, 0.05) is 11.5 Å². The highest BCUT2D eigenvalue weighted by Gasteiger charge is 2.44. The number of hydrogen-bond donors (Lipinski definition) is 0. The minimum absolute atomic E-state index is 0.660. The molecule has 1 saturated carbocycles. The second kappa shape index (κ2) is 7.62. The van der Waals surface area contributed by atoms with Gasteiger partial charge in [-0.2, -0.15) is 0 Å². The van der Waals surface area contributed by atoms with Crippen molar-refractivity contribution in [1.29, 1.82) is 0 Å². The Morgan fingerprint density at radius 2 is 1.88 bits per heavy atom. The number of hydrogen-bond acceptors (Lipinski definition) is 1. The third kappa shape index (κ3) is 3.04. The summed E-state index contributed by atoms with van der Waals surface area (Å²) < 4.78 is 6.13. The molecule has 3 aliphatic rings. The first-order chi connectivity index (χ1) is 12.7. The number of methoxy groups -OCH3 is 1. The molecule has 0 aromatic heterocycles. The summed E-state index contributed by atoms with van der Waals surface area (Å²) in [6.07, 6.45) is 12.2. The van der Waals surface area contributed by atoms with Crippen LogP contribution in [0.4, 0.5) is 0 Å². The van der Waals surface area contributed by atoms with Crippen LogP contribution in [0.25, 0.3) is 5.76 Å². The molecule has 1 heteroatoms. The highest BCUT2D eigenvalue weighted by Crippen LogP contribution is 2.56. The Hall–Kier alpha value is -1.50. The second-order valence-corrected chi connectivity index (χ2v) is 8.60. The first kappa shape index (κ1) is 17.9. The first-order valence-electron chi connectivity index (χ1n) is 10.8. The van der Waals surface area contributed by atoms with Crippen LogP contribution in [0.2, 0.25) is 0 Å². The molecule has 0 amide bonds. The lowest BCUT2D eigenvalue weighted by molar-refractivity contribution is 0.248. The van der Waals surface area contributed by atoms with E-state index in [2.05, 4.69) is 38.1 Å². The lowest BCUT2D eigenvalue weighted by Crippen LogP contribution is -2.36. The van der Waals surface area contributed by atoms with E-state index in [4.69, 9.17) is 4.74 Å². The molecule has 3 atom stereocenters. The van der Waals surface area contributed by atoms with Crippen LogP contribution >= 0.6 is 0 Å². The molecule has 2 bridgehead atoms. The number of rotatable bonds is 4. The van der Waals surface area contributed by atoms with E-state index in [1.807, 2.05) is 18.3 Å². The predicted molar refractivity (Wildman–Crippen MR) is 110 cm³/mol. The molecule has 0 radical (unpaired) electrons. The van der Waals surface area contributed by atoms with Crippen LogP contribution in [0.5, 0.6) is 0 Å². The Morgan fingerprint density at radius 1 is 1.08 bits per heavy atom. The molecule has 3 unspecified atom stereocenters. The molecular weight excluding hydrogens is 316 g/mol. The summed E-state index contributed by atoms with van der Waals surface area (Å²) in [5.41, 5.74) is 7.96. The SMILES string of the molecule is CCCC1C2=C(CCCC2)C2CCCC1C2=C(OC)c1cccc(C)c1. The van der Waals surface area contributed by atoms with Crippen LogP contribution in [0.15, 0.2) is 41.0 Å². The summed E-state index contributed by atoms with van der Waals surface area (Å²) in [4.78, 5) is 0. The maximum absolute atomic E-state index is 6.13. The Kier molecular flexibility index (Phi) is 5.25. The molecule has 1 fully saturated rings. The Bertz CT molecular complexity index is 723. The fraction of sp³-hybridized carbons (Fsp3) is 0.600. The van der Waals surface area contributed by atoms with Crippen molar-refractivity contribution in [3.63, 3.8) is 0 Å². The van der Waals surface area contributed by atoms with Gasteiger partial charge in [0.25, 0.3) is 0 Å². The molecule has 0 spiro atoms. The molecule has 140 valence electrons. The minimum atomic E-state index is 0.660. The van der Waals surface area contributed by atoms with Crippen molar-refractivity contribution in [2.24, 2.45) is 17.8 Å². The maximum Gasteiger partial charge on any atom is 0.126 e. The van der Waals surface area contributed by atoms with Crippen LogP contribution in [0, 0.1) is 24.7 Å². The summed E-state index contributed by atoms with van der Waals surface area (Å²) in [6, 6.07) is 8.91. The van der Waals surface area contributed by atoms with Gasteiger partial charge in [-0.1, -0.05) is 54.7 Å². The van der Waals surface area contributed by atoms with Crippen LogP contribution in [0.1, 0.15) is 75.8 Å². The molecule has 26 heavy (non-hydrogen) atoms. The van der Waals surface area contributed by atoms with Crippen molar-refractivity contribution in [1.82, 2.24) is 0 Å². The van der Waals surface area contributed by atoms with Crippen molar-refractivity contribution < 1.29 is 4.74 Å². The van der Waals surface area contributed by atoms with Crippen LogP contribution in [-0.4, -0.2) is 7.11 Å². The number of ether oxygens (including phenoxy) is 1. The summed E-state index contributed by atoms with van der Waals surface area (Å²) >= 11 is 0. The van der Waals surface area contributed by atoms with Gasteiger partial charge in [0.05, 0.1) is 7.11 Å². The zero-order chi connectivity index (χ0) is 18.1. The highest BCUT2D eigenvalue weighted by molar-refractivity contribution is 5.67.